The summed E-state index contributed by atoms with van der Waals surface area (Å²) in [5.74, 6) is 0.882. The molecular formula is C19H18FN3O3S. The van der Waals surface area contributed by atoms with Gasteiger partial charge in [-0.05, 0) is 36.4 Å². The molecule has 0 bridgehead atoms. The van der Waals surface area contributed by atoms with E-state index in [0.717, 1.165) is 18.4 Å². The number of nitrogens with zero attached hydrogens (tertiary/aromatic N) is 3. The first-order chi connectivity index (χ1) is 13.2. The Morgan fingerprint density at radius 2 is 2.30 bits per heavy atom. The van der Waals surface area contributed by atoms with E-state index >= 15 is 0 Å². The van der Waals surface area contributed by atoms with Crippen LogP contribution in [0.5, 0.6) is 5.75 Å². The van der Waals surface area contributed by atoms with E-state index < -0.39 is 5.82 Å². The molecule has 3 heterocycles. The van der Waals surface area contributed by atoms with Gasteiger partial charge < -0.3 is 14.1 Å². The number of likely N-dealkylation sites (tertiary alicyclic amines) is 1. The summed E-state index contributed by atoms with van der Waals surface area (Å²) in [7, 11) is 0. The molecule has 140 valence electrons. The minimum absolute atomic E-state index is 0.0109. The largest absolute Gasteiger partial charge is 0.484 e. The van der Waals surface area contributed by atoms with Crippen LogP contribution in [-0.4, -0.2) is 40.7 Å². The first kappa shape index (κ1) is 17.7. The first-order valence-electron chi connectivity index (χ1n) is 8.71. The topological polar surface area (TPSA) is 68.5 Å². The maximum Gasteiger partial charge on any atom is 0.260 e. The highest BCUT2D eigenvalue weighted by atomic mass is 32.1. The van der Waals surface area contributed by atoms with Crippen LogP contribution in [0.1, 0.15) is 24.7 Å². The van der Waals surface area contributed by atoms with Crippen molar-refractivity contribution in [2.75, 3.05) is 19.7 Å². The first-order valence-corrected chi connectivity index (χ1v) is 9.65. The van der Waals surface area contributed by atoms with Crippen LogP contribution in [0.4, 0.5) is 4.39 Å². The van der Waals surface area contributed by atoms with E-state index in [1.54, 1.807) is 28.4 Å². The lowest BCUT2D eigenvalue weighted by Crippen LogP contribution is -2.41. The Morgan fingerprint density at radius 1 is 1.37 bits per heavy atom. The zero-order valence-electron chi connectivity index (χ0n) is 14.5. The van der Waals surface area contributed by atoms with Gasteiger partial charge in [0.2, 0.25) is 11.8 Å². The van der Waals surface area contributed by atoms with Crippen LogP contribution in [0.3, 0.4) is 0 Å². The maximum absolute atomic E-state index is 13.2. The molecule has 8 heteroatoms. The zero-order chi connectivity index (χ0) is 18.6. The predicted molar refractivity (Wildman–Crippen MR) is 98.1 cm³/mol. The van der Waals surface area contributed by atoms with Gasteiger partial charge in [0.25, 0.3) is 5.91 Å². The van der Waals surface area contributed by atoms with Crippen LogP contribution in [0.15, 0.2) is 45.5 Å². The van der Waals surface area contributed by atoms with Gasteiger partial charge in [0.1, 0.15) is 11.6 Å². The van der Waals surface area contributed by atoms with Gasteiger partial charge in [-0.1, -0.05) is 6.07 Å². The number of piperidine rings is 1. The molecule has 0 radical (unpaired) electrons. The molecule has 1 aliphatic heterocycles. The highest BCUT2D eigenvalue weighted by molar-refractivity contribution is 7.08. The average molecular weight is 387 g/mol. The molecule has 1 fully saturated rings. The van der Waals surface area contributed by atoms with Gasteiger partial charge in [-0.3, -0.25) is 4.79 Å². The summed E-state index contributed by atoms with van der Waals surface area (Å²) in [6.45, 7) is 1.05. The molecule has 0 aliphatic carbocycles. The molecule has 0 N–H and O–H groups in total. The van der Waals surface area contributed by atoms with Crippen molar-refractivity contribution in [2.45, 2.75) is 18.8 Å². The third-order valence-electron chi connectivity index (χ3n) is 4.49. The number of amides is 1. The Kier molecular flexibility index (Phi) is 5.15. The van der Waals surface area contributed by atoms with Crippen molar-refractivity contribution in [1.82, 2.24) is 15.1 Å². The molecule has 0 spiro atoms. The van der Waals surface area contributed by atoms with Gasteiger partial charge in [0.05, 0.1) is 5.92 Å². The summed E-state index contributed by atoms with van der Waals surface area (Å²) in [4.78, 5) is 14.2. The number of hydrogen-bond donors (Lipinski definition) is 0. The number of ether oxygens (including phenoxy) is 1. The van der Waals surface area contributed by atoms with E-state index in [-0.39, 0.29) is 18.4 Å². The van der Waals surface area contributed by atoms with E-state index in [1.165, 1.54) is 12.1 Å². The average Bonchev–Trinajstić information content (AvgIpc) is 3.38. The van der Waals surface area contributed by atoms with Crippen LogP contribution in [0.25, 0.3) is 11.5 Å². The van der Waals surface area contributed by atoms with Crippen molar-refractivity contribution in [1.29, 1.82) is 0 Å². The number of halogens is 1. The van der Waals surface area contributed by atoms with Gasteiger partial charge >= 0.3 is 0 Å². The van der Waals surface area contributed by atoms with Crippen LogP contribution in [-0.2, 0) is 4.79 Å². The van der Waals surface area contributed by atoms with Crippen molar-refractivity contribution >= 4 is 17.2 Å². The Balaban J connectivity index is 1.37. The van der Waals surface area contributed by atoms with Gasteiger partial charge in [-0.15, -0.1) is 10.2 Å². The molecule has 1 aliphatic rings. The molecule has 1 aromatic carbocycles. The molecule has 2 aromatic heterocycles. The van der Waals surface area contributed by atoms with E-state index in [4.69, 9.17) is 9.15 Å². The molecule has 4 rings (SSSR count). The number of aromatic nitrogens is 2. The van der Waals surface area contributed by atoms with Gasteiger partial charge in [0, 0.05) is 30.1 Å². The summed E-state index contributed by atoms with van der Waals surface area (Å²) in [6, 6.07) is 7.70. The molecule has 6 nitrogen and oxygen atoms in total. The Labute approximate surface area is 159 Å². The lowest BCUT2D eigenvalue weighted by Gasteiger charge is -2.31. The van der Waals surface area contributed by atoms with E-state index in [2.05, 4.69) is 10.2 Å². The number of carbonyl (C=O) groups is 1. The molecule has 1 amide bonds. The molecule has 3 aromatic rings. The standard InChI is InChI=1S/C19H18FN3O3S/c20-15-4-1-5-16(9-15)25-11-17(24)23-7-2-3-13(10-23)18-21-22-19(26-18)14-6-8-27-12-14/h1,4-6,8-9,12-13H,2-3,7,10-11H2/t13-/m0/s1. The number of carbonyl (C=O) groups excluding carboxylic acids is 1. The number of rotatable bonds is 5. The quantitative estimate of drug-likeness (QED) is 0.667. The van der Waals surface area contributed by atoms with Crippen LogP contribution >= 0.6 is 11.3 Å². The fourth-order valence-corrected chi connectivity index (χ4v) is 3.73. The van der Waals surface area contributed by atoms with Gasteiger partial charge in [0.15, 0.2) is 6.61 Å². The molecule has 0 saturated carbocycles. The highest BCUT2D eigenvalue weighted by Gasteiger charge is 2.28. The maximum atomic E-state index is 13.2. The lowest BCUT2D eigenvalue weighted by molar-refractivity contribution is -0.134. The van der Waals surface area contributed by atoms with Crippen LogP contribution in [0, 0.1) is 5.82 Å². The third-order valence-corrected chi connectivity index (χ3v) is 5.17. The second-order valence-electron chi connectivity index (χ2n) is 6.38. The van der Waals surface area contributed by atoms with Gasteiger partial charge in [-0.2, -0.15) is 11.3 Å². The fourth-order valence-electron chi connectivity index (χ4n) is 3.10. The minimum atomic E-state index is -0.393. The SMILES string of the molecule is O=C(COc1cccc(F)c1)N1CCC[C@H](c2nnc(-c3ccsc3)o2)C1. The Bertz CT molecular complexity index is 913. The molecule has 1 saturated heterocycles. The smallest absolute Gasteiger partial charge is 0.260 e. The van der Waals surface area contributed by atoms with Gasteiger partial charge in [-0.25, -0.2) is 4.39 Å². The minimum Gasteiger partial charge on any atom is -0.484 e. The van der Waals surface area contributed by atoms with E-state index in [9.17, 15) is 9.18 Å². The number of thiophene rings is 1. The lowest BCUT2D eigenvalue weighted by atomic mass is 9.98. The molecule has 0 unspecified atom stereocenters. The normalized spacial score (nSPS) is 17.1. The monoisotopic (exact) mass is 387 g/mol. The number of benzene rings is 1. The second-order valence-corrected chi connectivity index (χ2v) is 7.16. The second kappa shape index (κ2) is 7.87. The van der Waals surface area contributed by atoms with Crippen molar-refractivity contribution in [3.63, 3.8) is 0 Å². The van der Waals surface area contributed by atoms with Crippen LogP contribution in [0.2, 0.25) is 0 Å². The zero-order valence-corrected chi connectivity index (χ0v) is 15.3. The highest BCUT2D eigenvalue weighted by Crippen LogP contribution is 2.29. The van der Waals surface area contributed by atoms with E-state index in [1.807, 2.05) is 16.8 Å². The summed E-state index contributed by atoms with van der Waals surface area (Å²) < 4.78 is 24.4. The summed E-state index contributed by atoms with van der Waals surface area (Å²) >= 11 is 1.57. The van der Waals surface area contributed by atoms with Crippen molar-refractivity contribution < 1.29 is 18.3 Å². The predicted octanol–water partition coefficient (Wildman–Crippen LogP) is 3.72. The Morgan fingerprint density at radius 3 is 3.11 bits per heavy atom. The fraction of sp³-hybridized carbons (Fsp3) is 0.316. The molecular weight excluding hydrogens is 369 g/mol. The third kappa shape index (κ3) is 4.16. The Hall–Kier alpha value is -2.74. The summed E-state index contributed by atoms with van der Waals surface area (Å²) in [5, 5.41) is 12.2. The number of hydrogen-bond acceptors (Lipinski definition) is 6. The molecule has 1 atom stereocenters. The van der Waals surface area contributed by atoms with E-state index in [0.29, 0.717) is 30.6 Å². The van der Waals surface area contributed by atoms with Crippen LogP contribution < -0.4 is 4.74 Å². The van der Waals surface area contributed by atoms with Crippen molar-refractivity contribution in [3.8, 4) is 17.2 Å². The van der Waals surface area contributed by atoms with Crippen molar-refractivity contribution in [3.05, 3.63) is 52.8 Å². The summed E-state index contributed by atoms with van der Waals surface area (Å²) in [5.41, 5.74) is 0.908. The summed E-state index contributed by atoms with van der Waals surface area (Å²) in [6.07, 6.45) is 1.74. The van der Waals surface area contributed by atoms with Crippen molar-refractivity contribution in [2.24, 2.45) is 0 Å². The molecule has 27 heavy (non-hydrogen) atoms.